The number of β-amino-alcohol motifs (C(OH)–C–C–N with tert-alkyl or cyclic N) is 1. The van der Waals surface area contributed by atoms with Gasteiger partial charge < -0.3 is 10.0 Å². The van der Waals surface area contributed by atoms with E-state index in [0.29, 0.717) is 13.1 Å². The van der Waals surface area contributed by atoms with Crippen molar-refractivity contribution in [2.45, 2.75) is 25.4 Å². The Balaban J connectivity index is 1.70. The number of fused-ring (bicyclic) bond motifs is 1. The van der Waals surface area contributed by atoms with E-state index in [1.807, 2.05) is 17.0 Å². The largest absolute Gasteiger partial charge is 0.391 e. The Labute approximate surface area is 101 Å². The van der Waals surface area contributed by atoms with Crippen molar-refractivity contribution in [2.24, 2.45) is 5.92 Å². The van der Waals surface area contributed by atoms with E-state index in [2.05, 4.69) is 12.1 Å². The summed E-state index contributed by atoms with van der Waals surface area (Å²) in [4.78, 5) is 14.1. The molecule has 3 heteroatoms. The molecule has 2 aliphatic rings. The summed E-state index contributed by atoms with van der Waals surface area (Å²) < 4.78 is 0. The summed E-state index contributed by atoms with van der Waals surface area (Å²) in [5.41, 5.74) is 2.62. The second-order valence-electron chi connectivity index (χ2n) is 5.10. The maximum Gasteiger partial charge on any atom is 0.226 e. The van der Waals surface area contributed by atoms with Crippen molar-refractivity contribution in [1.29, 1.82) is 0 Å². The van der Waals surface area contributed by atoms with Crippen molar-refractivity contribution >= 4 is 5.91 Å². The van der Waals surface area contributed by atoms with Gasteiger partial charge in [-0.2, -0.15) is 0 Å². The minimum atomic E-state index is -0.317. The van der Waals surface area contributed by atoms with E-state index in [-0.39, 0.29) is 17.9 Å². The number of rotatable bonds is 1. The molecular weight excluding hydrogens is 214 g/mol. The molecule has 1 atom stereocenters. The standard InChI is InChI=1S/C14H17NO2/c16-13-5-6-15(9-13)14(17)12-7-10-3-1-2-4-11(10)8-12/h1-4,12-13,16H,5-9H2/t13-/m1/s1. The van der Waals surface area contributed by atoms with Gasteiger partial charge in [0, 0.05) is 19.0 Å². The van der Waals surface area contributed by atoms with E-state index in [0.717, 1.165) is 19.3 Å². The number of hydrogen-bond donors (Lipinski definition) is 1. The highest BCUT2D eigenvalue weighted by Gasteiger charge is 2.33. The van der Waals surface area contributed by atoms with Crippen LogP contribution in [0.5, 0.6) is 0 Å². The Hall–Kier alpha value is -1.35. The molecule has 1 fully saturated rings. The molecule has 0 spiro atoms. The average molecular weight is 231 g/mol. The molecule has 1 heterocycles. The van der Waals surface area contributed by atoms with Gasteiger partial charge in [-0.3, -0.25) is 4.79 Å². The van der Waals surface area contributed by atoms with Crippen LogP contribution in [-0.2, 0) is 17.6 Å². The van der Waals surface area contributed by atoms with Gasteiger partial charge in [-0.15, -0.1) is 0 Å². The molecule has 0 bridgehead atoms. The highest BCUT2D eigenvalue weighted by molar-refractivity contribution is 5.80. The van der Waals surface area contributed by atoms with Crippen LogP contribution in [0.15, 0.2) is 24.3 Å². The molecular formula is C14H17NO2. The summed E-state index contributed by atoms with van der Waals surface area (Å²) >= 11 is 0. The first-order chi connectivity index (χ1) is 8.24. The molecule has 3 nitrogen and oxygen atoms in total. The predicted octanol–water partition coefficient (Wildman–Crippen LogP) is 0.995. The van der Waals surface area contributed by atoms with Gasteiger partial charge in [0.25, 0.3) is 0 Å². The average Bonchev–Trinajstić information content (AvgIpc) is 2.93. The lowest BCUT2D eigenvalue weighted by Crippen LogP contribution is -2.35. The van der Waals surface area contributed by atoms with Crippen LogP contribution in [0.25, 0.3) is 0 Å². The van der Waals surface area contributed by atoms with Crippen LogP contribution in [-0.4, -0.2) is 35.1 Å². The molecule has 17 heavy (non-hydrogen) atoms. The van der Waals surface area contributed by atoms with Gasteiger partial charge in [-0.1, -0.05) is 24.3 Å². The predicted molar refractivity (Wildman–Crippen MR) is 64.5 cm³/mol. The molecule has 0 unspecified atom stereocenters. The number of likely N-dealkylation sites (tertiary alicyclic amines) is 1. The first-order valence-corrected chi connectivity index (χ1v) is 6.27. The fourth-order valence-electron chi connectivity index (χ4n) is 2.93. The molecule has 1 aliphatic heterocycles. The monoisotopic (exact) mass is 231 g/mol. The fraction of sp³-hybridized carbons (Fsp3) is 0.500. The van der Waals surface area contributed by atoms with Crippen LogP contribution in [0.1, 0.15) is 17.5 Å². The Morgan fingerprint density at radius 1 is 1.24 bits per heavy atom. The van der Waals surface area contributed by atoms with Crippen molar-refractivity contribution in [3.05, 3.63) is 35.4 Å². The number of nitrogens with zero attached hydrogens (tertiary/aromatic N) is 1. The Bertz CT molecular complexity index is 419. The summed E-state index contributed by atoms with van der Waals surface area (Å²) in [7, 11) is 0. The van der Waals surface area contributed by atoms with E-state index in [1.165, 1.54) is 11.1 Å². The molecule has 0 aromatic heterocycles. The molecule has 0 saturated carbocycles. The number of aliphatic hydroxyl groups excluding tert-OH is 1. The molecule has 1 amide bonds. The highest BCUT2D eigenvalue weighted by atomic mass is 16.3. The number of aliphatic hydroxyl groups is 1. The van der Waals surface area contributed by atoms with E-state index in [9.17, 15) is 9.90 Å². The van der Waals surface area contributed by atoms with Crippen molar-refractivity contribution in [1.82, 2.24) is 4.90 Å². The van der Waals surface area contributed by atoms with Crippen LogP contribution in [0.2, 0.25) is 0 Å². The van der Waals surface area contributed by atoms with Gasteiger partial charge in [0.1, 0.15) is 0 Å². The Morgan fingerprint density at radius 2 is 1.88 bits per heavy atom. The zero-order chi connectivity index (χ0) is 11.8. The topological polar surface area (TPSA) is 40.5 Å². The number of carbonyl (C=O) groups is 1. The fourth-order valence-corrected chi connectivity index (χ4v) is 2.93. The first-order valence-electron chi connectivity index (χ1n) is 6.27. The molecule has 3 rings (SSSR count). The summed E-state index contributed by atoms with van der Waals surface area (Å²) in [6.45, 7) is 1.23. The molecule has 1 aromatic rings. The second-order valence-corrected chi connectivity index (χ2v) is 5.10. The Morgan fingerprint density at radius 3 is 2.41 bits per heavy atom. The lowest BCUT2D eigenvalue weighted by Gasteiger charge is -2.19. The minimum absolute atomic E-state index is 0.0951. The maximum absolute atomic E-state index is 12.3. The summed E-state index contributed by atoms with van der Waals surface area (Å²) in [6, 6.07) is 8.29. The Kier molecular flexibility index (Phi) is 2.63. The van der Waals surface area contributed by atoms with E-state index in [4.69, 9.17) is 0 Å². The summed E-state index contributed by atoms with van der Waals surface area (Å²) in [5.74, 6) is 0.315. The zero-order valence-corrected chi connectivity index (χ0v) is 9.80. The third-order valence-electron chi connectivity index (χ3n) is 3.88. The molecule has 1 aromatic carbocycles. The second kappa shape index (κ2) is 4.15. The van der Waals surface area contributed by atoms with Crippen LogP contribution < -0.4 is 0 Å². The van der Waals surface area contributed by atoms with Gasteiger partial charge in [0.15, 0.2) is 0 Å². The lowest BCUT2D eigenvalue weighted by molar-refractivity contribution is -0.134. The van der Waals surface area contributed by atoms with Crippen LogP contribution in [0, 0.1) is 5.92 Å². The normalized spacial score (nSPS) is 24.1. The number of amides is 1. The molecule has 1 N–H and O–H groups in total. The number of carbonyl (C=O) groups excluding carboxylic acids is 1. The lowest BCUT2D eigenvalue weighted by atomic mass is 10.1. The third-order valence-corrected chi connectivity index (χ3v) is 3.88. The van der Waals surface area contributed by atoms with Crippen LogP contribution in [0.3, 0.4) is 0 Å². The van der Waals surface area contributed by atoms with Gasteiger partial charge in [0.2, 0.25) is 5.91 Å². The van der Waals surface area contributed by atoms with Crippen molar-refractivity contribution in [3.8, 4) is 0 Å². The molecule has 1 aliphatic carbocycles. The van der Waals surface area contributed by atoms with Crippen molar-refractivity contribution in [3.63, 3.8) is 0 Å². The summed E-state index contributed by atoms with van der Waals surface area (Å²) in [5, 5.41) is 9.47. The molecule has 90 valence electrons. The quantitative estimate of drug-likeness (QED) is 0.783. The zero-order valence-electron chi connectivity index (χ0n) is 9.80. The van der Waals surface area contributed by atoms with E-state index >= 15 is 0 Å². The minimum Gasteiger partial charge on any atom is -0.391 e. The van der Waals surface area contributed by atoms with Crippen molar-refractivity contribution in [2.75, 3.05) is 13.1 Å². The van der Waals surface area contributed by atoms with Gasteiger partial charge in [-0.05, 0) is 30.4 Å². The van der Waals surface area contributed by atoms with Crippen LogP contribution >= 0.6 is 0 Å². The third kappa shape index (κ3) is 1.95. The maximum atomic E-state index is 12.3. The number of hydrogen-bond acceptors (Lipinski definition) is 2. The van der Waals surface area contributed by atoms with Gasteiger partial charge in [-0.25, -0.2) is 0 Å². The van der Waals surface area contributed by atoms with E-state index < -0.39 is 0 Å². The molecule has 1 saturated heterocycles. The smallest absolute Gasteiger partial charge is 0.226 e. The number of benzene rings is 1. The van der Waals surface area contributed by atoms with Gasteiger partial charge in [0.05, 0.1) is 6.10 Å². The van der Waals surface area contributed by atoms with Crippen LogP contribution in [0.4, 0.5) is 0 Å². The van der Waals surface area contributed by atoms with Gasteiger partial charge >= 0.3 is 0 Å². The molecule has 0 radical (unpaired) electrons. The highest BCUT2D eigenvalue weighted by Crippen LogP contribution is 2.28. The van der Waals surface area contributed by atoms with E-state index in [1.54, 1.807) is 0 Å². The van der Waals surface area contributed by atoms with Crippen molar-refractivity contribution < 1.29 is 9.90 Å². The first kappa shape index (κ1) is 10.8. The summed E-state index contributed by atoms with van der Waals surface area (Å²) in [6.07, 6.45) is 2.14. The SMILES string of the molecule is O=C(C1Cc2ccccc2C1)N1CC[C@@H](O)C1.